The Balaban J connectivity index is 2.18. The molecule has 0 radical (unpaired) electrons. The minimum absolute atomic E-state index is 0.0185. The third-order valence-electron chi connectivity index (χ3n) is 6.64. The summed E-state index contributed by atoms with van der Waals surface area (Å²) in [6.07, 6.45) is 4.45. The number of aromatic nitrogens is 2. The standard InChI is InChI=1S/C29H39N3O3/c1-6-11-14-21(7-2)28(33)31(9-4)26(8-3)27-30-25-16-13-12-15-24(25)29(34)32(27)22-17-19-23(20-18-22)35-10-5/h12-13,15-21,26H,6-11,14H2,1-5H3. The van der Waals surface area contributed by atoms with E-state index in [1.165, 1.54) is 0 Å². The van der Waals surface area contributed by atoms with E-state index in [-0.39, 0.29) is 23.4 Å². The normalized spacial score (nSPS) is 12.9. The van der Waals surface area contributed by atoms with Gasteiger partial charge in [0.15, 0.2) is 0 Å². The predicted molar refractivity (Wildman–Crippen MR) is 142 cm³/mol. The van der Waals surface area contributed by atoms with E-state index < -0.39 is 0 Å². The number of amides is 1. The number of hydrogen-bond acceptors (Lipinski definition) is 4. The Labute approximate surface area is 208 Å². The Morgan fingerprint density at radius 1 is 1.00 bits per heavy atom. The molecule has 1 heterocycles. The highest BCUT2D eigenvalue weighted by Gasteiger charge is 2.31. The molecule has 1 aromatic heterocycles. The summed E-state index contributed by atoms with van der Waals surface area (Å²) in [5, 5.41) is 0.559. The molecule has 0 fully saturated rings. The molecule has 0 saturated heterocycles. The number of hydrogen-bond donors (Lipinski definition) is 0. The molecule has 0 spiro atoms. The SMILES string of the molecule is CCCCC(CC)C(=O)N(CC)C(CC)c1nc2ccccc2c(=O)n1-c1ccc(OCC)cc1. The first-order chi connectivity index (χ1) is 17.0. The van der Waals surface area contributed by atoms with Crippen molar-refractivity contribution < 1.29 is 9.53 Å². The van der Waals surface area contributed by atoms with Gasteiger partial charge in [0, 0.05) is 12.5 Å². The van der Waals surface area contributed by atoms with Gasteiger partial charge in [0.05, 0.1) is 29.2 Å². The molecule has 188 valence electrons. The molecule has 35 heavy (non-hydrogen) atoms. The van der Waals surface area contributed by atoms with Crippen molar-refractivity contribution in [2.75, 3.05) is 13.2 Å². The first kappa shape index (κ1) is 26.5. The lowest BCUT2D eigenvalue weighted by Gasteiger charge is -2.34. The van der Waals surface area contributed by atoms with Crippen LogP contribution in [0.5, 0.6) is 5.75 Å². The van der Waals surface area contributed by atoms with Crippen LogP contribution in [0.2, 0.25) is 0 Å². The van der Waals surface area contributed by atoms with Gasteiger partial charge in [-0.15, -0.1) is 0 Å². The zero-order valence-electron chi connectivity index (χ0n) is 21.8. The molecule has 1 amide bonds. The molecular formula is C29H39N3O3. The number of carbonyl (C=O) groups is 1. The molecule has 0 saturated carbocycles. The van der Waals surface area contributed by atoms with E-state index in [0.29, 0.717) is 42.0 Å². The number of fused-ring (bicyclic) bond motifs is 1. The summed E-state index contributed by atoms with van der Waals surface area (Å²) in [6.45, 7) is 11.4. The van der Waals surface area contributed by atoms with Crippen LogP contribution < -0.4 is 10.3 Å². The number of para-hydroxylation sites is 1. The van der Waals surface area contributed by atoms with Crippen LogP contribution in [0.15, 0.2) is 53.3 Å². The fraction of sp³-hybridized carbons (Fsp3) is 0.483. The van der Waals surface area contributed by atoms with Gasteiger partial charge in [0.2, 0.25) is 5.91 Å². The average Bonchev–Trinajstić information content (AvgIpc) is 2.88. The van der Waals surface area contributed by atoms with Gasteiger partial charge in [-0.3, -0.25) is 14.2 Å². The van der Waals surface area contributed by atoms with E-state index in [2.05, 4.69) is 20.8 Å². The zero-order valence-corrected chi connectivity index (χ0v) is 21.8. The molecule has 3 aromatic rings. The van der Waals surface area contributed by atoms with Crippen molar-refractivity contribution in [2.24, 2.45) is 5.92 Å². The van der Waals surface area contributed by atoms with Gasteiger partial charge in [0.1, 0.15) is 11.6 Å². The molecule has 0 aliphatic carbocycles. The Morgan fingerprint density at radius 3 is 2.31 bits per heavy atom. The molecule has 3 rings (SSSR count). The van der Waals surface area contributed by atoms with E-state index in [0.717, 1.165) is 31.4 Å². The van der Waals surface area contributed by atoms with E-state index in [1.807, 2.05) is 61.2 Å². The Kier molecular flexibility index (Phi) is 9.47. The monoisotopic (exact) mass is 477 g/mol. The van der Waals surface area contributed by atoms with Crippen molar-refractivity contribution in [3.63, 3.8) is 0 Å². The third-order valence-corrected chi connectivity index (χ3v) is 6.64. The van der Waals surface area contributed by atoms with Crippen LogP contribution in [-0.2, 0) is 4.79 Å². The second-order valence-corrected chi connectivity index (χ2v) is 8.85. The minimum Gasteiger partial charge on any atom is -0.494 e. The number of unbranched alkanes of at least 4 members (excludes halogenated alkanes) is 1. The van der Waals surface area contributed by atoms with E-state index in [1.54, 1.807) is 10.6 Å². The van der Waals surface area contributed by atoms with Crippen LogP contribution in [0.3, 0.4) is 0 Å². The van der Waals surface area contributed by atoms with Gasteiger partial charge in [-0.2, -0.15) is 0 Å². The molecule has 2 unspecified atom stereocenters. The van der Waals surface area contributed by atoms with Gasteiger partial charge >= 0.3 is 0 Å². The molecule has 0 bridgehead atoms. The number of benzene rings is 2. The Morgan fingerprint density at radius 2 is 1.71 bits per heavy atom. The van der Waals surface area contributed by atoms with Crippen molar-refractivity contribution in [1.82, 2.24) is 14.5 Å². The van der Waals surface area contributed by atoms with E-state index in [9.17, 15) is 9.59 Å². The van der Waals surface area contributed by atoms with Crippen molar-refractivity contribution in [3.05, 3.63) is 64.7 Å². The molecule has 0 N–H and O–H groups in total. The van der Waals surface area contributed by atoms with Crippen LogP contribution >= 0.6 is 0 Å². The minimum atomic E-state index is -0.313. The van der Waals surface area contributed by atoms with Crippen LogP contribution in [0.1, 0.15) is 78.6 Å². The number of carbonyl (C=O) groups excluding carboxylic acids is 1. The average molecular weight is 478 g/mol. The van der Waals surface area contributed by atoms with Crippen LogP contribution in [0, 0.1) is 5.92 Å². The summed E-state index contributed by atoms with van der Waals surface area (Å²) < 4.78 is 7.27. The maximum absolute atomic E-state index is 13.8. The van der Waals surface area contributed by atoms with Crippen LogP contribution in [0.4, 0.5) is 0 Å². The van der Waals surface area contributed by atoms with Crippen molar-refractivity contribution in [1.29, 1.82) is 0 Å². The Bertz CT molecular complexity index is 1170. The molecule has 2 aromatic carbocycles. The summed E-state index contributed by atoms with van der Waals surface area (Å²) in [7, 11) is 0. The smallest absolute Gasteiger partial charge is 0.266 e. The van der Waals surface area contributed by atoms with Gasteiger partial charge in [0.25, 0.3) is 5.56 Å². The Hall–Kier alpha value is -3.15. The van der Waals surface area contributed by atoms with Crippen molar-refractivity contribution in [3.8, 4) is 11.4 Å². The fourth-order valence-electron chi connectivity index (χ4n) is 4.74. The van der Waals surface area contributed by atoms with E-state index in [4.69, 9.17) is 9.72 Å². The summed E-state index contributed by atoms with van der Waals surface area (Å²) in [6, 6.07) is 14.6. The largest absolute Gasteiger partial charge is 0.494 e. The van der Waals surface area contributed by atoms with Gasteiger partial charge in [-0.05, 0) is 69.5 Å². The highest BCUT2D eigenvalue weighted by molar-refractivity contribution is 5.80. The number of nitrogens with zero attached hydrogens (tertiary/aromatic N) is 3. The topological polar surface area (TPSA) is 64.4 Å². The third kappa shape index (κ3) is 5.75. The lowest BCUT2D eigenvalue weighted by atomic mass is 9.96. The quantitative estimate of drug-likeness (QED) is 0.307. The second-order valence-electron chi connectivity index (χ2n) is 8.85. The summed E-state index contributed by atoms with van der Waals surface area (Å²) in [5.41, 5.74) is 1.23. The van der Waals surface area contributed by atoms with Gasteiger partial charge < -0.3 is 9.64 Å². The van der Waals surface area contributed by atoms with Crippen LogP contribution in [-0.4, -0.2) is 33.5 Å². The lowest BCUT2D eigenvalue weighted by molar-refractivity contribution is -0.138. The molecule has 6 nitrogen and oxygen atoms in total. The van der Waals surface area contributed by atoms with Crippen molar-refractivity contribution >= 4 is 16.8 Å². The molecular weight excluding hydrogens is 438 g/mol. The predicted octanol–water partition coefficient (Wildman–Crippen LogP) is 6.30. The first-order valence-corrected chi connectivity index (χ1v) is 13.1. The fourth-order valence-corrected chi connectivity index (χ4v) is 4.74. The first-order valence-electron chi connectivity index (χ1n) is 13.1. The lowest BCUT2D eigenvalue weighted by Crippen LogP contribution is -2.41. The molecule has 2 atom stereocenters. The maximum atomic E-state index is 13.8. The molecule has 0 aliphatic rings. The highest BCUT2D eigenvalue weighted by Crippen LogP contribution is 2.29. The maximum Gasteiger partial charge on any atom is 0.266 e. The summed E-state index contributed by atoms with van der Waals surface area (Å²) in [5.74, 6) is 1.48. The van der Waals surface area contributed by atoms with Gasteiger partial charge in [-0.25, -0.2) is 4.98 Å². The number of rotatable bonds is 12. The highest BCUT2D eigenvalue weighted by atomic mass is 16.5. The van der Waals surface area contributed by atoms with Crippen molar-refractivity contribution in [2.45, 2.75) is 72.8 Å². The van der Waals surface area contributed by atoms with Gasteiger partial charge in [-0.1, -0.05) is 45.7 Å². The zero-order chi connectivity index (χ0) is 25.4. The molecule has 0 aliphatic heterocycles. The molecule has 6 heteroatoms. The summed E-state index contributed by atoms with van der Waals surface area (Å²) in [4.78, 5) is 34.4. The van der Waals surface area contributed by atoms with Crippen LogP contribution in [0.25, 0.3) is 16.6 Å². The second kappa shape index (κ2) is 12.5. The summed E-state index contributed by atoms with van der Waals surface area (Å²) >= 11 is 0. The number of ether oxygens (including phenoxy) is 1. The van der Waals surface area contributed by atoms with E-state index >= 15 is 0 Å².